The molecule has 468 valence electrons. The normalized spacial score (nSPS) is 9.71. The number of hydrogen-bond donors (Lipinski definition) is 0. The highest BCUT2D eigenvalue weighted by atomic mass is 32.2. The summed E-state index contributed by atoms with van der Waals surface area (Å²) in [4.78, 5) is 13.0. The first-order chi connectivity index (χ1) is 40.8. The Morgan fingerprint density at radius 1 is 0.235 bits per heavy atom. The minimum atomic E-state index is 1.39. The second kappa shape index (κ2) is 42.6. The second-order valence-electron chi connectivity index (χ2n) is 17.5. The predicted octanol–water partition coefficient (Wildman–Crippen LogP) is 32.5. The van der Waals surface area contributed by atoms with Crippen molar-refractivity contribution >= 4 is 225 Å². The molecule has 0 bridgehead atoms. The van der Waals surface area contributed by atoms with Gasteiger partial charge >= 0.3 is 0 Å². The van der Waals surface area contributed by atoms with E-state index in [-0.39, 0.29) is 0 Å². The Balaban J connectivity index is 0.000000479. The van der Waals surface area contributed by atoms with Crippen molar-refractivity contribution in [3.05, 3.63) is 153 Å². The maximum Gasteiger partial charge on any atom is 0.0873 e. The van der Waals surface area contributed by atoms with Crippen LogP contribution < -0.4 is 0 Å². The van der Waals surface area contributed by atoms with E-state index in [1.807, 2.05) is 256 Å². The van der Waals surface area contributed by atoms with Crippen molar-refractivity contribution in [2.24, 2.45) is 0 Å². The fourth-order valence-electron chi connectivity index (χ4n) is 7.71. The van der Waals surface area contributed by atoms with Gasteiger partial charge in [-0.15, -0.1) is 159 Å². The van der Waals surface area contributed by atoms with Crippen molar-refractivity contribution in [2.75, 3.05) is 0 Å². The smallest absolute Gasteiger partial charge is 0.0873 e. The fourth-order valence-corrected chi connectivity index (χ4v) is 24.1. The molecule has 0 atom stereocenters. The zero-order chi connectivity index (χ0) is 64.8. The molecule has 0 radical (unpaired) electrons. The lowest BCUT2D eigenvalue weighted by atomic mass is 10.2. The van der Waals surface area contributed by atoms with E-state index >= 15 is 0 Å². The van der Waals surface area contributed by atoms with Gasteiger partial charge in [-0.05, 0) is 213 Å². The number of hydrogen-bond acceptors (Lipinski definition) is 14. The quantitative estimate of drug-likeness (QED) is 0.142. The van der Waals surface area contributed by atoms with Gasteiger partial charge in [-0.2, -0.15) is 0 Å². The average Bonchev–Trinajstić information content (AvgIpc) is 4.21. The molecule has 0 nitrogen and oxygen atoms in total. The summed E-state index contributed by atoms with van der Waals surface area (Å²) in [5, 5.41) is 21.0. The molecule has 0 saturated carbocycles. The third-order valence-corrected chi connectivity index (χ3v) is 28.0. The van der Waals surface area contributed by atoms with Gasteiger partial charge < -0.3 is 0 Å². The highest BCUT2D eigenvalue weighted by Crippen LogP contribution is 2.40. The molecule has 0 saturated heterocycles. The molecule has 0 fully saturated rings. The second-order valence-corrected chi connectivity index (χ2v) is 35.0. The van der Waals surface area contributed by atoms with Crippen LogP contribution in [0.4, 0.5) is 0 Å². The van der Waals surface area contributed by atoms with Crippen LogP contribution in [-0.4, -0.2) is 0 Å². The molecule has 0 amide bonds. The molecular formula is C71H100S14. The highest BCUT2D eigenvalue weighted by Gasteiger charge is 2.10. The van der Waals surface area contributed by atoms with Crippen LogP contribution in [0.15, 0.2) is 75.4 Å². The lowest BCUT2D eigenvalue weighted by Gasteiger charge is -1.88. The molecule has 14 heterocycles. The molecular weight excluding hydrogens is 1300 g/mol. The molecule has 14 heteroatoms. The number of fused-ring (bicyclic) bond motifs is 7. The van der Waals surface area contributed by atoms with Crippen LogP contribution in [-0.2, 0) is 0 Å². The van der Waals surface area contributed by atoms with E-state index in [2.05, 4.69) is 179 Å². The Hall–Kier alpha value is -2.38. The summed E-state index contributed by atoms with van der Waals surface area (Å²) >= 11 is 26.3. The van der Waals surface area contributed by atoms with Crippen LogP contribution in [0.3, 0.4) is 0 Å². The molecule has 0 aromatic carbocycles. The Morgan fingerprint density at radius 3 is 0.953 bits per heavy atom. The number of aryl methyl sites for hydroxylation is 15. The summed E-state index contributed by atoms with van der Waals surface area (Å²) in [6.07, 6.45) is 0. The van der Waals surface area contributed by atoms with Gasteiger partial charge in [0.25, 0.3) is 0 Å². The van der Waals surface area contributed by atoms with Gasteiger partial charge in [0, 0.05) is 81.6 Å². The SMILES string of the molecule is CC.CC.CC.CC.CC.CC.CC.Cc1cc2c(C)c(C)sc2s1.Cc1cc2c(C)c(C)sc2s1.Cc1cc2c(C)csc2s1.Cc1cc2cc(C)sc2s1.Cc1sc2scc(C)c2c1C.Cc1sc2sccc2c1C.c1cc2ccsc2s1. The lowest BCUT2D eigenvalue weighted by molar-refractivity contribution is 1.45. The van der Waals surface area contributed by atoms with Crippen LogP contribution >= 0.6 is 159 Å². The summed E-state index contributed by atoms with van der Waals surface area (Å²) in [5.74, 6) is 0. The largest absolute Gasteiger partial charge is 0.133 e. The van der Waals surface area contributed by atoms with E-state index in [1.165, 1.54) is 143 Å². The predicted molar refractivity (Wildman–Crippen MR) is 428 cm³/mol. The Kier molecular flexibility index (Phi) is 40.4. The summed E-state index contributed by atoms with van der Waals surface area (Å²) in [6, 6.07) is 17.9. The third-order valence-electron chi connectivity index (χ3n) is 12.0. The first-order valence-corrected chi connectivity index (χ1v) is 41.7. The minimum Gasteiger partial charge on any atom is -0.133 e. The van der Waals surface area contributed by atoms with E-state index in [9.17, 15) is 0 Å². The molecule has 0 aliphatic rings. The Bertz CT molecular complexity index is 3770. The van der Waals surface area contributed by atoms with Crippen molar-refractivity contribution in [3.8, 4) is 0 Å². The average molecular weight is 1400 g/mol. The molecule has 14 aromatic rings. The number of rotatable bonds is 0. The molecule has 14 rings (SSSR count). The van der Waals surface area contributed by atoms with Crippen molar-refractivity contribution in [1.29, 1.82) is 0 Å². The van der Waals surface area contributed by atoms with Gasteiger partial charge in [-0.25, -0.2) is 0 Å². The molecule has 0 N–H and O–H groups in total. The van der Waals surface area contributed by atoms with Gasteiger partial charge in [0.1, 0.15) is 0 Å². The summed E-state index contributed by atoms with van der Waals surface area (Å²) in [6.45, 7) is 60.8. The molecule has 85 heavy (non-hydrogen) atoms. The van der Waals surface area contributed by atoms with E-state index in [0.29, 0.717) is 0 Å². The lowest BCUT2D eigenvalue weighted by Crippen LogP contribution is -1.70. The highest BCUT2D eigenvalue weighted by molar-refractivity contribution is 7.41. The van der Waals surface area contributed by atoms with Gasteiger partial charge in [0.05, 0.1) is 28.1 Å². The topological polar surface area (TPSA) is 0 Å². The van der Waals surface area contributed by atoms with Gasteiger partial charge in [-0.1, -0.05) is 96.9 Å². The van der Waals surface area contributed by atoms with E-state index in [1.54, 1.807) is 0 Å². The van der Waals surface area contributed by atoms with Gasteiger partial charge in [-0.3, -0.25) is 0 Å². The first-order valence-electron chi connectivity index (χ1n) is 30.0. The fraction of sp³-hybridized carbons (Fsp3) is 0.408. The van der Waals surface area contributed by atoms with Crippen LogP contribution in [0.2, 0.25) is 0 Å². The Morgan fingerprint density at radius 2 is 0.553 bits per heavy atom. The van der Waals surface area contributed by atoms with Crippen LogP contribution in [0.1, 0.15) is 174 Å². The molecule has 0 spiro atoms. The summed E-state index contributed by atoms with van der Waals surface area (Å²) in [7, 11) is 0. The van der Waals surface area contributed by atoms with Crippen molar-refractivity contribution in [3.63, 3.8) is 0 Å². The first kappa shape index (κ1) is 80.6. The summed E-state index contributed by atoms with van der Waals surface area (Å²) < 4.78 is 10.3. The van der Waals surface area contributed by atoms with Crippen molar-refractivity contribution < 1.29 is 0 Å². The zero-order valence-electron chi connectivity index (χ0n) is 56.7. The maximum absolute atomic E-state index is 2.29. The van der Waals surface area contributed by atoms with Crippen molar-refractivity contribution in [1.82, 2.24) is 0 Å². The minimum absolute atomic E-state index is 1.39. The molecule has 0 unspecified atom stereocenters. The molecule has 14 aromatic heterocycles. The number of thiophene rings is 14. The monoisotopic (exact) mass is 1400 g/mol. The van der Waals surface area contributed by atoms with Gasteiger partial charge in [0.2, 0.25) is 0 Å². The molecule has 0 aliphatic heterocycles. The maximum atomic E-state index is 2.29. The third kappa shape index (κ3) is 23.1. The van der Waals surface area contributed by atoms with Gasteiger partial charge in [0.15, 0.2) is 0 Å². The van der Waals surface area contributed by atoms with E-state index in [4.69, 9.17) is 0 Å². The van der Waals surface area contributed by atoms with Crippen LogP contribution in [0.5, 0.6) is 0 Å². The van der Waals surface area contributed by atoms with E-state index < -0.39 is 0 Å². The molecule has 0 aliphatic carbocycles. The van der Waals surface area contributed by atoms with Crippen LogP contribution in [0, 0.1) is 104 Å². The standard InChI is InChI=1S/3C9H10S2.3C8H8S2.C6H4S2.7C2H6/c1-5-4-10-9-8(5)6(2)7(3)11-9;2*1-5-4-8-6(2)7(3)11-9(8)10-5;1-5-4-9-8-7(5)3-6(2)10-8;1-5-3-7-4-6(2)10-8(7)9-5;1-5-6(2)10-8-7(5)3-4-9-8;1-3-7-6-5(1)2-4-8-6;7*1-2/h3*4H,1-3H3;3*3-4H,1-2H3;1-4H;7*1-2H3. The zero-order valence-corrected chi connectivity index (χ0v) is 68.2. The summed E-state index contributed by atoms with van der Waals surface area (Å²) in [5.41, 5.74) is 8.73. The Labute approximate surface area is 571 Å². The van der Waals surface area contributed by atoms with E-state index in [0.717, 1.165) is 0 Å². The van der Waals surface area contributed by atoms with Crippen LogP contribution in [0.25, 0.3) is 65.8 Å². The van der Waals surface area contributed by atoms with Crippen molar-refractivity contribution in [2.45, 2.75) is 201 Å².